The summed E-state index contributed by atoms with van der Waals surface area (Å²) in [4.78, 5) is 30.3. The largest absolute Gasteiger partial charge is 0.456 e. The van der Waals surface area contributed by atoms with Crippen LogP contribution >= 0.6 is 0 Å². The summed E-state index contributed by atoms with van der Waals surface area (Å²) in [5.41, 5.74) is 9.18. The number of alkyl carbamates (subject to hydrolysis) is 1. The first kappa shape index (κ1) is 21.2. The highest BCUT2D eigenvalue weighted by atomic mass is 16.6. The molecule has 8 nitrogen and oxygen atoms in total. The van der Waals surface area contributed by atoms with Crippen molar-refractivity contribution in [1.29, 1.82) is 0 Å². The molecule has 0 radical (unpaired) electrons. The van der Waals surface area contributed by atoms with E-state index in [0.717, 1.165) is 36.3 Å². The van der Waals surface area contributed by atoms with E-state index in [1.165, 1.54) is 6.92 Å². The van der Waals surface area contributed by atoms with E-state index in [1.54, 1.807) is 6.20 Å². The number of nitrogens with zero attached hydrogens (tertiary/aromatic N) is 2. The van der Waals surface area contributed by atoms with Crippen LogP contribution in [0.1, 0.15) is 64.8 Å². The number of piperidine rings is 1. The van der Waals surface area contributed by atoms with Crippen molar-refractivity contribution < 1.29 is 19.1 Å². The molecule has 1 aliphatic heterocycles. The van der Waals surface area contributed by atoms with E-state index in [4.69, 9.17) is 15.2 Å². The van der Waals surface area contributed by atoms with Crippen LogP contribution in [0.5, 0.6) is 0 Å². The second-order valence-corrected chi connectivity index (χ2v) is 9.15. The number of hydrogen-bond acceptors (Lipinski definition) is 7. The summed E-state index contributed by atoms with van der Waals surface area (Å²) < 4.78 is 10.8. The third kappa shape index (κ3) is 5.10. The number of hydrogen-bond donors (Lipinski definition) is 2. The maximum absolute atomic E-state index is 12.2. The SMILES string of the molecule is CC(=O)OC1CCc2c1ncc(N)c2N1CC(C)CC(NC(=O)OC(C)(C)C)C1. The van der Waals surface area contributed by atoms with Gasteiger partial charge in [-0.3, -0.25) is 9.78 Å². The van der Waals surface area contributed by atoms with Crippen LogP contribution in [0.15, 0.2) is 6.20 Å². The number of nitrogens with two attached hydrogens (primary N) is 1. The molecular weight excluding hydrogens is 372 g/mol. The van der Waals surface area contributed by atoms with Crippen LogP contribution in [-0.2, 0) is 20.7 Å². The Morgan fingerprint density at radius 3 is 2.69 bits per heavy atom. The van der Waals surface area contributed by atoms with Crippen molar-refractivity contribution in [2.75, 3.05) is 23.7 Å². The summed E-state index contributed by atoms with van der Waals surface area (Å²) >= 11 is 0. The Kier molecular flexibility index (Phi) is 5.91. The Bertz CT molecular complexity index is 790. The Morgan fingerprint density at radius 2 is 2.03 bits per heavy atom. The maximum Gasteiger partial charge on any atom is 0.407 e. The van der Waals surface area contributed by atoms with E-state index < -0.39 is 11.7 Å². The van der Waals surface area contributed by atoms with Crippen molar-refractivity contribution in [1.82, 2.24) is 10.3 Å². The summed E-state index contributed by atoms with van der Waals surface area (Å²) in [6, 6.07) is -0.0394. The first-order valence-corrected chi connectivity index (χ1v) is 10.2. The van der Waals surface area contributed by atoms with Gasteiger partial charge in [-0.1, -0.05) is 6.92 Å². The number of carbonyl (C=O) groups is 2. The molecule has 1 aliphatic carbocycles. The van der Waals surface area contributed by atoms with Gasteiger partial charge in [-0.2, -0.15) is 0 Å². The Morgan fingerprint density at radius 1 is 1.31 bits per heavy atom. The monoisotopic (exact) mass is 404 g/mol. The third-order valence-electron chi connectivity index (χ3n) is 5.18. The molecule has 2 heterocycles. The average molecular weight is 405 g/mol. The number of carbonyl (C=O) groups excluding carboxylic acids is 2. The Hall–Kier alpha value is -2.51. The average Bonchev–Trinajstić information content (AvgIpc) is 2.94. The lowest BCUT2D eigenvalue weighted by Crippen LogP contribution is -2.51. The van der Waals surface area contributed by atoms with Gasteiger partial charge < -0.3 is 25.4 Å². The molecule has 8 heteroatoms. The molecule has 0 spiro atoms. The minimum Gasteiger partial charge on any atom is -0.456 e. The van der Waals surface area contributed by atoms with E-state index in [-0.39, 0.29) is 18.1 Å². The smallest absolute Gasteiger partial charge is 0.407 e. The van der Waals surface area contributed by atoms with E-state index in [1.807, 2.05) is 20.8 Å². The zero-order valence-corrected chi connectivity index (χ0v) is 17.9. The number of aromatic nitrogens is 1. The number of nitrogens with one attached hydrogen (secondary N) is 1. The number of anilines is 2. The molecule has 3 unspecified atom stereocenters. The predicted octanol–water partition coefficient (Wildman–Crippen LogP) is 2.95. The van der Waals surface area contributed by atoms with Gasteiger partial charge in [-0.15, -0.1) is 0 Å². The lowest BCUT2D eigenvalue weighted by atomic mass is 9.94. The molecule has 0 aromatic carbocycles. The fourth-order valence-corrected chi connectivity index (χ4v) is 4.31. The summed E-state index contributed by atoms with van der Waals surface area (Å²) in [7, 11) is 0. The second-order valence-electron chi connectivity index (χ2n) is 9.15. The molecule has 0 bridgehead atoms. The highest BCUT2D eigenvalue weighted by Crippen LogP contribution is 2.42. The van der Waals surface area contributed by atoms with Crippen molar-refractivity contribution in [3.05, 3.63) is 17.5 Å². The third-order valence-corrected chi connectivity index (χ3v) is 5.18. The summed E-state index contributed by atoms with van der Waals surface area (Å²) in [5, 5.41) is 3.00. The Balaban J connectivity index is 1.80. The van der Waals surface area contributed by atoms with Crippen LogP contribution in [0.25, 0.3) is 0 Å². The first-order valence-electron chi connectivity index (χ1n) is 10.2. The fraction of sp³-hybridized carbons (Fsp3) is 0.667. The lowest BCUT2D eigenvalue weighted by Gasteiger charge is -2.39. The number of esters is 1. The molecule has 0 saturated carbocycles. The number of pyridine rings is 1. The van der Waals surface area contributed by atoms with Crippen molar-refractivity contribution >= 4 is 23.4 Å². The van der Waals surface area contributed by atoms with Gasteiger partial charge >= 0.3 is 12.1 Å². The van der Waals surface area contributed by atoms with Crippen LogP contribution in [0.4, 0.5) is 16.2 Å². The fourth-order valence-electron chi connectivity index (χ4n) is 4.31. The van der Waals surface area contributed by atoms with Gasteiger partial charge in [0.1, 0.15) is 11.7 Å². The summed E-state index contributed by atoms with van der Waals surface area (Å²) in [5.74, 6) is 0.0637. The minimum absolute atomic E-state index is 0.0394. The topological polar surface area (TPSA) is 107 Å². The van der Waals surface area contributed by atoms with Crippen molar-refractivity contribution in [3.63, 3.8) is 0 Å². The van der Waals surface area contributed by atoms with Gasteiger partial charge in [0.25, 0.3) is 0 Å². The molecule has 1 amide bonds. The first-order chi connectivity index (χ1) is 13.5. The van der Waals surface area contributed by atoms with Gasteiger partial charge in [-0.05, 0) is 46.0 Å². The van der Waals surface area contributed by atoms with Crippen LogP contribution in [0.2, 0.25) is 0 Å². The molecule has 3 N–H and O–H groups in total. The van der Waals surface area contributed by atoms with Gasteiger partial charge in [0, 0.05) is 31.6 Å². The van der Waals surface area contributed by atoms with Gasteiger partial charge in [0.05, 0.1) is 23.3 Å². The van der Waals surface area contributed by atoms with Crippen LogP contribution in [-0.4, -0.2) is 41.8 Å². The lowest BCUT2D eigenvalue weighted by molar-refractivity contribution is -0.146. The summed E-state index contributed by atoms with van der Waals surface area (Å²) in [6.45, 7) is 10.6. The van der Waals surface area contributed by atoms with Crippen molar-refractivity contribution in [2.24, 2.45) is 5.92 Å². The van der Waals surface area contributed by atoms with Crippen molar-refractivity contribution in [2.45, 2.75) is 71.6 Å². The zero-order chi connectivity index (χ0) is 21.3. The second kappa shape index (κ2) is 8.08. The number of nitrogen functional groups attached to an aromatic ring is 1. The molecule has 29 heavy (non-hydrogen) atoms. The molecule has 1 aromatic rings. The number of fused-ring (bicyclic) bond motifs is 1. The van der Waals surface area contributed by atoms with Crippen LogP contribution in [0.3, 0.4) is 0 Å². The normalized spacial score (nSPS) is 24.0. The van der Waals surface area contributed by atoms with Gasteiger partial charge in [0.2, 0.25) is 0 Å². The van der Waals surface area contributed by atoms with E-state index in [0.29, 0.717) is 24.6 Å². The number of ether oxygens (including phenoxy) is 2. The molecule has 1 fully saturated rings. The minimum atomic E-state index is -0.536. The standard InChI is InChI=1S/C21H32N4O4/c1-12-8-14(24-20(27)29-21(3,4)5)11-25(10-12)19-15-6-7-17(28-13(2)26)18(15)23-9-16(19)22/h9,12,14,17H,6-8,10-11,22H2,1-5H3,(H,24,27). The summed E-state index contributed by atoms with van der Waals surface area (Å²) in [6.07, 6.45) is 3.26. The van der Waals surface area contributed by atoms with E-state index in [2.05, 4.69) is 22.1 Å². The highest BCUT2D eigenvalue weighted by Gasteiger charge is 2.34. The number of rotatable bonds is 3. The van der Waals surface area contributed by atoms with Crippen molar-refractivity contribution in [3.8, 4) is 0 Å². The molecule has 3 rings (SSSR count). The molecular formula is C21H32N4O4. The molecule has 3 atom stereocenters. The van der Waals surface area contributed by atoms with E-state index >= 15 is 0 Å². The van der Waals surface area contributed by atoms with Crippen LogP contribution in [0, 0.1) is 5.92 Å². The number of amides is 1. The van der Waals surface area contributed by atoms with E-state index in [9.17, 15) is 9.59 Å². The predicted molar refractivity (Wildman–Crippen MR) is 111 cm³/mol. The molecule has 160 valence electrons. The van der Waals surface area contributed by atoms with Gasteiger partial charge in [-0.25, -0.2) is 4.79 Å². The molecule has 1 saturated heterocycles. The zero-order valence-electron chi connectivity index (χ0n) is 17.9. The Labute approximate surface area is 172 Å². The highest BCUT2D eigenvalue weighted by molar-refractivity contribution is 5.74. The maximum atomic E-state index is 12.2. The van der Waals surface area contributed by atoms with Gasteiger partial charge in [0.15, 0.2) is 0 Å². The van der Waals surface area contributed by atoms with Crippen LogP contribution < -0.4 is 16.0 Å². The molecule has 2 aliphatic rings. The molecule has 1 aromatic heterocycles. The quantitative estimate of drug-likeness (QED) is 0.746.